The molecule has 82 valence electrons. The minimum Gasteiger partial charge on any atom is -0.333 e. The molecule has 2 amide bonds. The van der Waals surface area contributed by atoms with E-state index in [1.54, 1.807) is 0 Å². The first-order chi connectivity index (χ1) is 6.45. The molecule has 0 saturated carbocycles. The lowest BCUT2D eigenvalue weighted by molar-refractivity contribution is 0.169. The molecular weight excluding hydrogens is 178 g/mol. The van der Waals surface area contributed by atoms with Crippen molar-refractivity contribution in [3.8, 4) is 0 Å². The summed E-state index contributed by atoms with van der Waals surface area (Å²) >= 11 is 0. The number of nitrogens with one attached hydrogen (secondary N) is 2. The van der Waals surface area contributed by atoms with Gasteiger partial charge in [0.1, 0.15) is 0 Å². The summed E-state index contributed by atoms with van der Waals surface area (Å²) in [6.07, 6.45) is 0.995. The van der Waals surface area contributed by atoms with Crippen molar-refractivity contribution in [1.29, 1.82) is 0 Å². The zero-order valence-electron chi connectivity index (χ0n) is 9.55. The highest BCUT2D eigenvalue weighted by molar-refractivity contribution is 5.77. The zero-order chi connectivity index (χ0) is 10.8. The molecule has 0 aromatic carbocycles. The molecule has 1 aliphatic heterocycles. The molecule has 1 fully saturated rings. The summed E-state index contributed by atoms with van der Waals surface area (Å²) in [4.78, 5) is 13.5. The van der Waals surface area contributed by atoms with Gasteiger partial charge in [0.2, 0.25) is 0 Å². The Morgan fingerprint density at radius 2 is 2.21 bits per heavy atom. The van der Waals surface area contributed by atoms with Crippen molar-refractivity contribution in [1.82, 2.24) is 15.5 Å². The zero-order valence-corrected chi connectivity index (χ0v) is 9.55. The molecule has 14 heavy (non-hydrogen) atoms. The molecule has 0 aromatic heterocycles. The number of carbonyl (C=O) groups is 1. The van der Waals surface area contributed by atoms with Crippen LogP contribution in [0.25, 0.3) is 0 Å². The van der Waals surface area contributed by atoms with E-state index in [0.29, 0.717) is 6.04 Å². The second-order valence-electron chi connectivity index (χ2n) is 4.82. The Labute approximate surface area is 86.0 Å². The minimum atomic E-state index is -0.0710. The van der Waals surface area contributed by atoms with Gasteiger partial charge in [-0.2, -0.15) is 0 Å². The number of nitrogens with zero attached hydrogens (tertiary/aromatic N) is 1. The Kier molecular flexibility index (Phi) is 3.37. The third-order valence-electron chi connectivity index (χ3n) is 2.53. The normalized spacial score (nSPS) is 22.7. The fourth-order valence-electron chi connectivity index (χ4n) is 1.66. The van der Waals surface area contributed by atoms with E-state index in [4.69, 9.17) is 0 Å². The van der Waals surface area contributed by atoms with Crippen molar-refractivity contribution in [2.75, 3.05) is 20.1 Å². The first kappa shape index (κ1) is 11.3. The van der Waals surface area contributed by atoms with Crippen LogP contribution in [-0.4, -0.2) is 42.6 Å². The van der Waals surface area contributed by atoms with Crippen molar-refractivity contribution in [2.24, 2.45) is 0 Å². The van der Waals surface area contributed by atoms with Crippen LogP contribution in [0.5, 0.6) is 0 Å². The number of urea groups is 1. The molecule has 0 aliphatic carbocycles. The van der Waals surface area contributed by atoms with Gasteiger partial charge >= 0.3 is 6.03 Å². The summed E-state index contributed by atoms with van der Waals surface area (Å²) < 4.78 is 0. The highest BCUT2D eigenvalue weighted by Gasteiger charge is 2.35. The highest BCUT2D eigenvalue weighted by Crippen LogP contribution is 2.18. The summed E-state index contributed by atoms with van der Waals surface area (Å²) in [5.74, 6) is 0. The Hall–Kier alpha value is -0.770. The van der Waals surface area contributed by atoms with E-state index in [2.05, 4.69) is 31.4 Å². The predicted molar refractivity (Wildman–Crippen MR) is 57.3 cm³/mol. The van der Waals surface area contributed by atoms with E-state index < -0.39 is 0 Å². The van der Waals surface area contributed by atoms with E-state index in [0.717, 1.165) is 19.5 Å². The monoisotopic (exact) mass is 199 g/mol. The van der Waals surface area contributed by atoms with Crippen molar-refractivity contribution in [3.63, 3.8) is 0 Å². The van der Waals surface area contributed by atoms with Gasteiger partial charge in [0.05, 0.1) is 0 Å². The molecule has 1 aliphatic rings. The molecule has 1 rings (SSSR count). The van der Waals surface area contributed by atoms with Crippen LogP contribution in [0.2, 0.25) is 0 Å². The van der Waals surface area contributed by atoms with Crippen molar-refractivity contribution >= 4 is 6.03 Å². The van der Waals surface area contributed by atoms with Crippen LogP contribution < -0.4 is 10.6 Å². The third-order valence-corrected chi connectivity index (χ3v) is 2.53. The van der Waals surface area contributed by atoms with Crippen molar-refractivity contribution < 1.29 is 4.79 Å². The summed E-state index contributed by atoms with van der Waals surface area (Å²) in [5, 5.41) is 6.09. The number of amides is 2. The topological polar surface area (TPSA) is 44.4 Å². The molecule has 1 atom stereocenters. The maximum absolute atomic E-state index is 11.6. The van der Waals surface area contributed by atoms with Crippen LogP contribution in [0.4, 0.5) is 4.79 Å². The van der Waals surface area contributed by atoms with Crippen LogP contribution >= 0.6 is 0 Å². The summed E-state index contributed by atoms with van der Waals surface area (Å²) in [7, 11) is 1.93. The largest absolute Gasteiger partial charge is 0.333 e. The first-order valence-electron chi connectivity index (χ1n) is 5.18. The molecule has 2 N–H and O–H groups in total. The van der Waals surface area contributed by atoms with Crippen LogP contribution in [-0.2, 0) is 0 Å². The van der Waals surface area contributed by atoms with E-state index >= 15 is 0 Å². The van der Waals surface area contributed by atoms with Crippen LogP contribution in [0.1, 0.15) is 27.2 Å². The molecule has 1 heterocycles. The summed E-state index contributed by atoms with van der Waals surface area (Å²) in [6.45, 7) is 7.96. The van der Waals surface area contributed by atoms with Gasteiger partial charge in [-0.25, -0.2) is 4.79 Å². The molecular formula is C10H21N3O. The van der Waals surface area contributed by atoms with Gasteiger partial charge < -0.3 is 15.5 Å². The Bertz CT molecular complexity index is 210. The first-order valence-corrected chi connectivity index (χ1v) is 5.18. The van der Waals surface area contributed by atoms with E-state index in [9.17, 15) is 4.79 Å². The molecule has 4 heteroatoms. The minimum absolute atomic E-state index is 0.0682. The smallest absolute Gasteiger partial charge is 0.318 e. The van der Waals surface area contributed by atoms with Crippen molar-refractivity contribution in [2.45, 2.75) is 38.8 Å². The molecule has 0 bridgehead atoms. The highest BCUT2D eigenvalue weighted by atomic mass is 16.2. The third kappa shape index (κ3) is 2.61. The number of hydrogen-bond acceptors (Lipinski definition) is 2. The average molecular weight is 199 g/mol. The SMILES string of the molecule is CNCCC1CN(C(C)(C)C)C(=O)N1. The Morgan fingerprint density at radius 3 is 2.64 bits per heavy atom. The molecule has 4 nitrogen and oxygen atoms in total. The molecule has 0 radical (unpaired) electrons. The second kappa shape index (κ2) is 4.17. The maximum Gasteiger partial charge on any atom is 0.318 e. The lowest BCUT2D eigenvalue weighted by Gasteiger charge is -2.30. The van der Waals surface area contributed by atoms with Crippen molar-refractivity contribution in [3.05, 3.63) is 0 Å². The van der Waals surface area contributed by atoms with Crippen LogP contribution in [0, 0.1) is 0 Å². The Morgan fingerprint density at radius 1 is 1.57 bits per heavy atom. The fraction of sp³-hybridized carbons (Fsp3) is 0.900. The standard InChI is InChI=1S/C10H21N3O/c1-10(2,3)13-7-8(5-6-11-4)12-9(13)14/h8,11H,5-7H2,1-4H3,(H,12,14). The summed E-state index contributed by atoms with van der Waals surface area (Å²) in [6, 6.07) is 0.368. The van der Waals surface area contributed by atoms with Crippen LogP contribution in [0.15, 0.2) is 0 Å². The fourth-order valence-corrected chi connectivity index (χ4v) is 1.66. The van der Waals surface area contributed by atoms with Gasteiger partial charge in [-0.3, -0.25) is 0 Å². The van der Waals surface area contributed by atoms with E-state index in [-0.39, 0.29) is 11.6 Å². The van der Waals surface area contributed by atoms with E-state index in [1.165, 1.54) is 0 Å². The van der Waals surface area contributed by atoms with Gasteiger partial charge in [0, 0.05) is 18.1 Å². The molecule has 0 spiro atoms. The predicted octanol–water partition coefficient (Wildman–Crippen LogP) is 0.788. The van der Waals surface area contributed by atoms with Gasteiger partial charge in [-0.15, -0.1) is 0 Å². The lowest BCUT2D eigenvalue weighted by atomic mass is 10.1. The lowest BCUT2D eigenvalue weighted by Crippen LogP contribution is -2.43. The maximum atomic E-state index is 11.6. The number of carbonyl (C=O) groups excluding carboxylic acids is 1. The number of hydrogen-bond donors (Lipinski definition) is 2. The van der Waals surface area contributed by atoms with Gasteiger partial charge in [0.15, 0.2) is 0 Å². The quantitative estimate of drug-likeness (QED) is 0.706. The average Bonchev–Trinajstić information content (AvgIpc) is 2.42. The molecule has 1 unspecified atom stereocenters. The van der Waals surface area contributed by atoms with Gasteiger partial charge in [-0.1, -0.05) is 0 Å². The van der Waals surface area contributed by atoms with Crippen LogP contribution in [0.3, 0.4) is 0 Å². The number of rotatable bonds is 3. The summed E-state index contributed by atoms with van der Waals surface area (Å²) in [5.41, 5.74) is -0.0710. The van der Waals surface area contributed by atoms with Gasteiger partial charge in [-0.05, 0) is 40.8 Å². The van der Waals surface area contributed by atoms with Gasteiger partial charge in [0.25, 0.3) is 0 Å². The molecule has 0 aromatic rings. The molecule has 1 saturated heterocycles. The Balaban J connectivity index is 2.48. The second-order valence-corrected chi connectivity index (χ2v) is 4.82. The van der Waals surface area contributed by atoms with E-state index in [1.807, 2.05) is 11.9 Å².